The molecule has 0 spiro atoms. The largest absolute Gasteiger partial charge is 0.490 e. The second kappa shape index (κ2) is 6.12. The van der Waals surface area contributed by atoms with Crippen LogP contribution in [0.3, 0.4) is 0 Å². The van der Waals surface area contributed by atoms with E-state index in [1.54, 1.807) is 6.07 Å². The fourth-order valence-electron chi connectivity index (χ4n) is 1.47. The monoisotopic (exact) mass is 297 g/mol. The molecule has 106 valence electrons. The number of nitrogens with two attached hydrogens (primary N) is 1. The minimum Gasteiger partial charge on any atom is -0.490 e. The highest BCUT2D eigenvalue weighted by Gasteiger charge is 2.16. The number of nitrogens with one attached hydrogen (secondary N) is 1. The molecule has 0 saturated carbocycles. The molecule has 0 saturated heterocycles. The number of ether oxygens (including phenoxy) is 2. The number of rotatable bonds is 6. The summed E-state index contributed by atoms with van der Waals surface area (Å²) in [6, 6.07) is 4.32. The number of nitro benzene ring substituents is 1. The highest BCUT2D eigenvalue weighted by atomic mass is 32.1. The lowest BCUT2D eigenvalue weighted by Crippen LogP contribution is -2.08. The van der Waals surface area contributed by atoms with Crippen molar-refractivity contribution in [3.63, 3.8) is 0 Å². The van der Waals surface area contributed by atoms with Crippen LogP contribution in [0.1, 0.15) is 5.69 Å². The summed E-state index contributed by atoms with van der Waals surface area (Å²) in [5.41, 5.74) is 2.80. The smallest absolute Gasteiger partial charge is 0.314 e. The SMILES string of the molecule is COc1ccc(OCc2nnsc2NN)cc1[N+](=O)[O-]. The van der Waals surface area contributed by atoms with Crippen LogP contribution >= 0.6 is 11.5 Å². The van der Waals surface area contributed by atoms with Crippen molar-refractivity contribution >= 4 is 22.2 Å². The van der Waals surface area contributed by atoms with Gasteiger partial charge in [-0.1, -0.05) is 4.49 Å². The highest BCUT2D eigenvalue weighted by Crippen LogP contribution is 2.31. The van der Waals surface area contributed by atoms with Gasteiger partial charge in [-0.2, -0.15) is 0 Å². The molecular weight excluding hydrogens is 286 g/mol. The maximum Gasteiger partial charge on any atom is 0.314 e. The van der Waals surface area contributed by atoms with Crippen LogP contribution in [0.5, 0.6) is 11.5 Å². The van der Waals surface area contributed by atoms with Gasteiger partial charge in [-0.05, 0) is 12.1 Å². The number of aromatic nitrogens is 2. The van der Waals surface area contributed by atoms with Gasteiger partial charge in [0.1, 0.15) is 18.1 Å². The summed E-state index contributed by atoms with van der Waals surface area (Å²) in [6.45, 7) is 0.0967. The van der Waals surface area contributed by atoms with Crippen LogP contribution in [-0.4, -0.2) is 21.6 Å². The standard InChI is InChI=1S/C10H11N5O4S/c1-18-9-3-2-6(4-8(9)15(16)17)19-5-7-10(12-11)20-14-13-7/h2-4,12H,5,11H2,1H3. The Balaban J connectivity index is 2.14. The number of hydrogen-bond donors (Lipinski definition) is 2. The van der Waals surface area contributed by atoms with Crippen LogP contribution in [-0.2, 0) is 6.61 Å². The van der Waals surface area contributed by atoms with Crippen molar-refractivity contribution in [2.75, 3.05) is 12.5 Å². The highest BCUT2D eigenvalue weighted by molar-refractivity contribution is 7.10. The molecule has 10 heteroatoms. The maximum atomic E-state index is 10.9. The van der Waals surface area contributed by atoms with Crippen LogP contribution in [0.4, 0.5) is 10.7 Å². The summed E-state index contributed by atoms with van der Waals surface area (Å²) in [4.78, 5) is 10.4. The molecule has 0 amide bonds. The molecule has 20 heavy (non-hydrogen) atoms. The van der Waals surface area contributed by atoms with Gasteiger partial charge in [0.05, 0.1) is 18.1 Å². The lowest BCUT2D eigenvalue weighted by atomic mass is 10.3. The molecule has 0 atom stereocenters. The van der Waals surface area contributed by atoms with E-state index in [9.17, 15) is 10.1 Å². The molecule has 0 fully saturated rings. The summed E-state index contributed by atoms with van der Waals surface area (Å²) in [5, 5.41) is 15.3. The summed E-state index contributed by atoms with van der Waals surface area (Å²) < 4.78 is 14.1. The predicted octanol–water partition coefficient (Wildman–Crippen LogP) is 1.32. The Morgan fingerprint density at radius 3 is 3.00 bits per heavy atom. The fraction of sp³-hybridized carbons (Fsp3) is 0.200. The average Bonchev–Trinajstić information content (AvgIpc) is 2.92. The molecule has 2 aromatic rings. The van der Waals surface area contributed by atoms with E-state index in [2.05, 4.69) is 15.0 Å². The quantitative estimate of drug-likeness (QED) is 0.464. The van der Waals surface area contributed by atoms with Gasteiger partial charge in [0.25, 0.3) is 0 Å². The Morgan fingerprint density at radius 1 is 1.55 bits per heavy atom. The van der Waals surface area contributed by atoms with E-state index < -0.39 is 4.92 Å². The first-order valence-corrected chi connectivity index (χ1v) is 6.16. The second-order valence-corrected chi connectivity index (χ2v) is 4.33. The van der Waals surface area contributed by atoms with Gasteiger partial charge in [-0.25, -0.2) is 5.84 Å². The number of anilines is 1. The lowest BCUT2D eigenvalue weighted by molar-refractivity contribution is -0.385. The van der Waals surface area contributed by atoms with E-state index >= 15 is 0 Å². The zero-order chi connectivity index (χ0) is 14.5. The third-order valence-electron chi connectivity index (χ3n) is 2.41. The first kappa shape index (κ1) is 14.0. The van der Waals surface area contributed by atoms with Crippen LogP contribution in [0, 0.1) is 10.1 Å². The summed E-state index contributed by atoms with van der Waals surface area (Å²) in [7, 11) is 1.36. The van der Waals surface area contributed by atoms with E-state index in [0.717, 1.165) is 11.5 Å². The van der Waals surface area contributed by atoms with Crippen molar-refractivity contribution in [1.82, 2.24) is 9.59 Å². The van der Waals surface area contributed by atoms with Crippen molar-refractivity contribution in [1.29, 1.82) is 0 Å². The van der Waals surface area contributed by atoms with Crippen molar-refractivity contribution < 1.29 is 14.4 Å². The van der Waals surface area contributed by atoms with Crippen molar-refractivity contribution in [3.8, 4) is 11.5 Å². The molecule has 0 bridgehead atoms. The number of nitrogens with zero attached hydrogens (tertiary/aromatic N) is 3. The van der Waals surface area contributed by atoms with Crippen molar-refractivity contribution in [3.05, 3.63) is 34.0 Å². The van der Waals surface area contributed by atoms with Crippen LogP contribution in [0.25, 0.3) is 0 Å². The average molecular weight is 297 g/mol. The van der Waals surface area contributed by atoms with E-state index in [4.69, 9.17) is 15.3 Å². The van der Waals surface area contributed by atoms with Gasteiger partial charge < -0.3 is 14.9 Å². The Hall–Kier alpha value is -2.46. The lowest BCUT2D eigenvalue weighted by Gasteiger charge is -2.07. The zero-order valence-corrected chi connectivity index (χ0v) is 11.2. The first-order valence-electron chi connectivity index (χ1n) is 5.38. The maximum absolute atomic E-state index is 10.9. The Labute approximate surface area is 117 Å². The third kappa shape index (κ3) is 2.92. The molecule has 0 aliphatic rings. The van der Waals surface area contributed by atoms with E-state index in [1.807, 2.05) is 0 Å². The van der Waals surface area contributed by atoms with Crippen molar-refractivity contribution in [2.24, 2.45) is 5.84 Å². The van der Waals surface area contributed by atoms with Crippen LogP contribution in [0.2, 0.25) is 0 Å². The molecule has 0 unspecified atom stereocenters. The van der Waals surface area contributed by atoms with Gasteiger partial charge in [-0.15, -0.1) is 5.10 Å². The summed E-state index contributed by atoms with van der Waals surface area (Å²) >= 11 is 1.09. The van der Waals surface area contributed by atoms with Gasteiger partial charge in [0.15, 0.2) is 10.8 Å². The number of nitro groups is 1. The molecular formula is C10H11N5O4S. The van der Waals surface area contributed by atoms with Crippen LogP contribution < -0.4 is 20.7 Å². The zero-order valence-electron chi connectivity index (χ0n) is 10.4. The fourth-order valence-corrected chi connectivity index (χ4v) is 1.95. The predicted molar refractivity (Wildman–Crippen MR) is 71.7 cm³/mol. The third-order valence-corrected chi connectivity index (χ3v) is 3.11. The number of hydrogen-bond acceptors (Lipinski definition) is 9. The molecule has 2 rings (SSSR count). The number of hydrazine groups is 1. The minimum absolute atomic E-state index is 0.0967. The molecule has 1 aromatic heterocycles. The van der Waals surface area contributed by atoms with E-state index in [-0.39, 0.29) is 18.0 Å². The molecule has 9 nitrogen and oxygen atoms in total. The normalized spacial score (nSPS) is 10.1. The number of nitrogen functional groups attached to an aromatic ring is 1. The van der Waals surface area contributed by atoms with E-state index in [1.165, 1.54) is 19.2 Å². The van der Waals surface area contributed by atoms with Gasteiger partial charge >= 0.3 is 5.69 Å². The molecule has 0 aliphatic carbocycles. The van der Waals surface area contributed by atoms with Gasteiger partial charge in [-0.3, -0.25) is 10.1 Å². The Morgan fingerprint density at radius 2 is 2.35 bits per heavy atom. The van der Waals surface area contributed by atoms with E-state index in [0.29, 0.717) is 16.4 Å². The Bertz CT molecular complexity index is 617. The summed E-state index contributed by atoms with van der Waals surface area (Å²) in [5.74, 6) is 5.78. The minimum atomic E-state index is -0.539. The van der Waals surface area contributed by atoms with Crippen molar-refractivity contribution in [2.45, 2.75) is 6.61 Å². The molecule has 1 aromatic carbocycles. The van der Waals surface area contributed by atoms with Crippen LogP contribution in [0.15, 0.2) is 18.2 Å². The molecule has 3 N–H and O–H groups in total. The van der Waals surface area contributed by atoms with Gasteiger partial charge in [0, 0.05) is 11.5 Å². The van der Waals surface area contributed by atoms with Gasteiger partial charge in [0.2, 0.25) is 0 Å². The molecule has 1 heterocycles. The number of methoxy groups -OCH3 is 1. The summed E-state index contributed by atoms with van der Waals surface area (Å²) in [6.07, 6.45) is 0. The molecule has 0 aliphatic heterocycles. The number of benzene rings is 1. The first-order chi connectivity index (χ1) is 9.65. The molecule has 0 radical (unpaired) electrons. The topological polar surface area (TPSA) is 125 Å². The second-order valence-electron chi connectivity index (χ2n) is 3.57. The Kier molecular flexibility index (Phi) is 4.27.